The molecule has 0 bridgehead atoms. The highest BCUT2D eigenvalue weighted by atomic mass is 16.6. The molecule has 0 aromatic rings. The zero-order valence-corrected chi connectivity index (χ0v) is 15.4. The molecule has 2 N–H and O–H groups in total. The molecule has 0 fully saturated rings. The van der Waals surface area contributed by atoms with Gasteiger partial charge in [-0.25, -0.2) is 4.79 Å². The standard InChI is InChI=1S/C16H32N4O3/c1-8-11(4)14(18-15(22)23-16(5,6)7)13(21)9-12(10(2)3)19-20-17/h10-14,21H,8-9H2,1-7H3,(H,18,22)/t11?,12-,13-,14+/m1/s1. The number of amides is 1. The van der Waals surface area contributed by atoms with Crippen molar-refractivity contribution in [2.45, 2.75) is 85.1 Å². The summed E-state index contributed by atoms with van der Waals surface area (Å²) in [5.74, 6) is 0.177. The first-order valence-corrected chi connectivity index (χ1v) is 8.23. The lowest BCUT2D eigenvalue weighted by Gasteiger charge is -2.32. The SMILES string of the molecule is CCC(C)[C@H](NC(=O)OC(C)(C)C)[C@H](O)C[C@@H](N=[N+]=[N-])C(C)C. The smallest absolute Gasteiger partial charge is 0.407 e. The van der Waals surface area contributed by atoms with Gasteiger partial charge in [0.2, 0.25) is 0 Å². The Bertz CT molecular complexity index is 414. The van der Waals surface area contributed by atoms with Gasteiger partial charge in [-0.1, -0.05) is 39.2 Å². The largest absolute Gasteiger partial charge is 0.444 e. The lowest BCUT2D eigenvalue weighted by molar-refractivity contribution is 0.0330. The van der Waals surface area contributed by atoms with E-state index in [2.05, 4.69) is 15.3 Å². The predicted molar refractivity (Wildman–Crippen MR) is 91.0 cm³/mol. The summed E-state index contributed by atoms with van der Waals surface area (Å²) in [4.78, 5) is 14.9. The lowest BCUT2D eigenvalue weighted by atomic mass is 9.88. The van der Waals surface area contributed by atoms with Crippen LogP contribution in [0.2, 0.25) is 0 Å². The van der Waals surface area contributed by atoms with Crippen LogP contribution < -0.4 is 5.32 Å². The molecule has 0 heterocycles. The fourth-order valence-electron chi connectivity index (χ4n) is 2.23. The third-order valence-electron chi connectivity index (χ3n) is 3.81. The number of hydrogen-bond donors (Lipinski definition) is 2. The highest BCUT2D eigenvalue weighted by Gasteiger charge is 2.30. The van der Waals surface area contributed by atoms with Crippen LogP contribution in [0.25, 0.3) is 10.4 Å². The fraction of sp³-hybridized carbons (Fsp3) is 0.938. The Morgan fingerprint density at radius 3 is 2.30 bits per heavy atom. The summed E-state index contributed by atoms with van der Waals surface area (Å²) in [5, 5.41) is 17.1. The van der Waals surface area contributed by atoms with Crippen molar-refractivity contribution in [2.24, 2.45) is 17.0 Å². The Balaban J connectivity index is 5.01. The molecular weight excluding hydrogens is 296 g/mol. The maximum Gasteiger partial charge on any atom is 0.407 e. The van der Waals surface area contributed by atoms with Crippen LogP contribution in [-0.2, 0) is 4.74 Å². The quantitative estimate of drug-likeness (QED) is 0.399. The molecule has 0 saturated carbocycles. The Hall–Kier alpha value is -1.46. The van der Waals surface area contributed by atoms with Crippen LogP contribution in [0, 0.1) is 11.8 Å². The number of alkyl carbamates (subject to hydrolysis) is 1. The molecule has 0 aromatic carbocycles. The van der Waals surface area contributed by atoms with Gasteiger partial charge in [-0.15, -0.1) is 0 Å². The van der Waals surface area contributed by atoms with Crippen molar-refractivity contribution < 1.29 is 14.6 Å². The highest BCUT2D eigenvalue weighted by Crippen LogP contribution is 2.20. The zero-order valence-electron chi connectivity index (χ0n) is 15.4. The van der Waals surface area contributed by atoms with Gasteiger partial charge in [-0.2, -0.15) is 0 Å². The van der Waals surface area contributed by atoms with Gasteiger partial charge in [0.25, 0.3) is 0 Å². The lowest BCUT2D eigenvalue weighted by Crippen LogP contribution is -2.49. The maximum atomic E-state index is 12.0. The number of hydrogen-bond acceptors (Lipinski definition) is 4. The summed E-state index contributed by atoms with van der Waals surface area (Å²) in [6, 6.07) is -0.771. The number of aliphatic hydroxyl groups excluding tert-OH is 1. The third-order valence-corrected chi connectivity index (χ3v) is 3.81. The minimum absolute atomic E-state index is 0.0661. The van der Waals surface area contributed by atoms with Crippen molar-refractivity contribution in [2.75, 3.05) is 0 Å². The van der Waals surface area contributed by atoms with Crippen LogP contribution >= 0.6 is 0 Å². The number of nitrogens with one attached hydrogen (secondary N) is 1. The molecule has 7 heteroatoms. The van der Waals surface area contributed by atoms with E-state index in [0.29, 0.717) is 6.42 Å². The zero-order chi connectivity index (χ0) is 18.2. The van der Waals surface area contributed by atoms with Gasteiger partial charge >= 0.3 is 6.09 Å². The Morgan fingerprint density at radius 1 is 1.35 bits per heavy atom. The van der Waals surface area contributed by atoms with E-state index in [0.717, 1.165) is 6.42 Å². The van der Waals surface area contributed by atoms with Crippen LogP contribution in [0.4, 0.5) is 4.79 Å². The fourth-order valence-corrected chi connectivity index (χ4v) is 2.23. The molecule has 0 saturated heterocycles. The Labute approximate surface area is 139 Å². The van der Waals surface area contributed by atoms with Crippen LogP contribution in [0.15, 0.2) is 5.11 Å². The van der Waals surface area contributed by atoms with E-state index in [4.69, 9.17) is 10.3 Å². The Morgan fingerprint density at radius 2 is 1.91 bits per heavy atom. The topological polar surface area (TPSA) is 107 Å². The van der Waals surface area contributed by atoms with Crippen LogP contribution in [0.3, 0.4) is 0 Å². The van der Waals surface area contributed by atoms with Gasteiger partial charge in [-0.05, 0) is 44.6 Å². The van der Waals surface area contributed by atoms with Crippen molar-refractivity contribution in [3.8, 4) is 0 Å². The second-order valence-electron chi connectivity index (χ2n) is 7.38. The van der Waals surface area contributed by atoms with Gasteiger partial charge in [0.1, 0.15) is 5.60 Å². The molecule has 0 rings (SSSR count). The highest BCUT2D eigenvalue weighted by molar-refractivity contribution is 5.68. The number of aliphatic hydroxyl groups is 1. The van der Waals surface area contributed by atoms with E-state index in [1.165, 1.54) is 0 Å². The molecule has 0 radical (unpaired) electrons. The summed E-state index contributed by atoms with van der Waals surface area (Å²) >= 11 is 0. The molecule has 0 aliphatic carbocycles. The number of carbonyl (C=O) groups is 1. The summed E-state index contributed by atoms with van der Waals surface area (Å²) in [7, 11) is 0. The molecule has 23 heavy (non-hydrogen) atoms. The van der Waals surface area contributed by atoms with Gasteiger partial charge < -0.3 is 15.2 Å². The van der Waals surface area contributed by atoms with Crippen molar-refractivity contribution in [3.63, 3.8) is 0 Å². The predicted octanol–water partition coefficient (Wildman–Crippen LogP) is 4.01. The second-order valence-corrected chi connectivity index (χ2v) is 7.38. The second kappa shape index (κ2) is 9.63. The van der Waals surface area contributed by atoms with Crippen LogP contribution in [0.1, 0.15) is 61.3 Å². The maximum absolute atomic E-state index is 12.0. The van der Waals surface area contributed by atoms with Crippen LogP contribution in [0.5, 0.6) is 0 Å². The third kappa shape index (κ3) is 8.67. The minimum Gasteiger partial charge on any atom is -0.444 e. The first kappa shape index (κ1) is 21.5. The summed E-state index contributed by atoms with van der Waals surface area (Å²) < 4.78 is 5.27. The summed E-state index contributed by atoms with van der Waals surface area (Å²) in [6.07, 6.45) is -0.264. The molecular formula is C16H32N4O3. The van der Waals surface area contributed by atoms with Crippen molar-refractivity contribution in [3.05, 3.63) is 10.4 Å². The van der Waals surface area contributed by atoms with Crippen molar-refractivity contribution in [1.82, 2.24) is 5.32 Å². The van der Waals surface area contributed by atoms with Gasteiger partial charge in [0, 0.05) is 11.0 Å². The number of ether oxygens (including phenoxy) is 1. The molecule has 1 amide bonds. The average molecular weight is 328 g/mol. The number of carbonyl (C=O) groups excluding carboxylic acids is 1. The van der Waals surface area contributed by atoms with Crippen LogP contribution in [-0.4, -0.2) is 35.0 Å². The first-order valence-electron chi connectivity index (χ1n) is 8.23. The molecule has 0 aromatic heterocycles. The molecule has 0 aliphatic rings. The van der Waals surface area contributed by atoms with Gasteiger partial charge in [0.05, 0.1) is 12.1 Å². The minimum atomic E-state index is -0.810. The number of azide groups is 1. The Kier molecular flexibility index (Phi) is 9.02. The van der Waals surface area contributed by atoms with E-state index in [1.807, 2.05) is 27.7 Å². The average Bonchev–Trinajstić information content (AvgIpc) is 2.41. The summed E-state index contributed by atoms with van der Waals surface area (Å²) in [5.41, 5.74) is 8.06. The monoisotopic (exact) mass is 328 g/mol. The number of nitrogens with zero attached hydrogens (tertiary/aromatic N) is 3. The molecule has 7 nitrogen and oxygen atoms in total. The molecule has 134 valence electrons. The molecule has 0 spiro atoms. The van der Waals surface area contributed by atoms with Gasteiger partial charge in [-0.3, -0.25) is 0 Å². The van der Waals surface area contributed by atoms with Crippen molar-refractivity contribution >= 4 is 6.09 Å². The van der Waals surface area contributed by atoms with E-state index >= 15 is 0 Å². The normalized spacial score (nSPS) is 16.9. The van der Waals surface area contributed by atoms with Crippen molar-refractivity contribution in [1.29, 1.82) is 0 Å². The van der Waals surface area contributed by atoms with Gasteiger partial charge in [0.15, 0.2) is 0 Å². The number of rotatable bonds is 8. The van der Waals surface area contributed by atoms with E-state index in [-0.39, 0.29) is 17.9 Å². The molecule has 4 atom stereocenters. The van der Waals surface area contributed by atoms with E-state index in [9.17, 15) is 9.90 Å². The molecule has 1 unspecified atom stereocenters. The first-order chi connectivity index (χ1) is 10.5. The molecule has 0 aliphatic heterocycles. The van der Waals surface area contributed by atoms with E-state index in [1.54, 1.807) is 20.8 Å². The van der Waals surface area contributed by atoms with E-state index < -0.39 is 23.8 Å². The summed E-state index contributed by atoms with van der Waals surface area (Å²) in [6.45, 7) is 13.2.